The van der Waals surface area contributed by atoms with Crippen molar-refractivity contribution in [1.82, 2.24) is 4.90 Å². The van der Waals surface area contributed by atoms with Crippen LogP contribution in [0.5, 0.6) is 0 Å². The molecule has 0 aliphatic heterocycles. The molecule has 0 amide bonds. The molecule has 18 heavy (non-hydrogen) atoms. The summed E-state index contributed by atoms with van der Waals surface area (Å²) in [5, 5.41) is 0.376. The summed E-state index contributed by atoms with van der Waals surface area (Å²) in [6, 6.07) is 4.57. The van der Waals surface area contributed by atoms with E-state index < -0.39 is 0 Å². The molecule has 0 unspecified atom stereocenters. The van der Waals surface area contributed by atoms with Gasteiger partial charge in [0.25, 0.3) is 0 Å². The maximum absolute atomic E-state index is 13.6. The van der Waals surface area contributed by atoms with E-state index in [1.807, 2.05) is 11.8 Å². The fourth-order valence-corrected chi connectivity index (χ4v) is 1.91. The van der Waals surface area contributed by atoms with Crippen LogP contribution in [0.3, 0.4) is 0 Å². The van der Waals surface area contributed by atoms with Gasteiger partial charge in [0.15, 0.2) is 0 Å². The van der Waals surface area contributed by atoms with Gasteiger partial charge in [0.2, 0.25) is 0 Å². The maximum atomic E-state index is 13.6. The Balaban J connectivity index is 2.79. The molecular weight excluding hydrogens is 257 g/mol. The molecule has 0 aromatic heterocycles. The summed E-state index contributed by atoms with van der Waals surface area (Å²) >= 11 is 5.96. The first-order valence-electron chi connectivity index (χ1n) is 5.80. The van der Waals surface area contributed by atoms with Gasteiger partial charge in [-0.2, -0.15) is 0 Å². The summed E-state index contributed by atoms with van der Waals surface area (Å²) in [5.41, 5.74) is 0.413. The third kappa shape index (κ3) is 4.27. The molecule has 1 rings (SSSR count). The SMILES string of the molecule is CCCN(CC(=O)OC)Cc1c(F)cccc1Cl. The third-order valence-electron chi connectivity index (χ3n) is 2.56. The van der Waals surface area contributed by atoms with Crippen LogP contribution < -0.4 is 0 Å². The van der Waals surface area contributed by atoms with Crippen molar-refractivity contribution < 1.29 is 13.9 Å². The van der Waals surface area contributed by atoms with Gasteiger partial charge in [0.05, 0.1) is 13.7 Å². The highest BCUT2D eigenvalue weighted by Gasteiger charge is 2.15. The van der Waals surface area contributed by atoms with Crippen molar-refractivity contribution in [2.24, 2.45) is 0 Å². The van der Waals surface area contributed by atoms with Gasteiger partial charge in [-0.15, -0.1) is 0 Å². The molecule has 1 aromatic rings. The van der Waals surface area contributed by atoms with Crippen LogP contribution in [0.4, 0.5) is 4.39 Å². The zero-order valence-corrected chi connectivity index (χ0v) is 11.3. The van der Waals surface area contributed by atoms with E-state index in [0.717, 1.165) is 6.42 Å². The number of halogens is 2. The van der Waals surface area contributed by atoms with Crippen molar-refractivity contribution in [3.8, 4) is 0 Å². The van der Waals surface area contributed by atoms with Gasteiger partial charge in [-0.25, -0.2) is 4.39 Å². The van der Waals surface area contributed by atoms with Crippen LogP contribution in [0.15, 0.2) is 18.2 Å². The first-order chi connectivity index (χ1) is 8.58. The zero-order valence-electron chi connectivity index (χ0n) is 10.6. The number of hydrogen-bond acceptors (Lipinski definition) is 3. The molecular formula is C13H17ClFNO2. The van der Waals surface area contributed by atoms with Gasteiger partial charge in [0.1, 0.15) is 5.82 Å². The van der Waals surface area contributed by atoms with Crippen LogP contribution in [-0.2, 0) is 16.1 Å². The van der Waals surface area contributed by atoms with Crippen molar-refractivity contribution >= 4 is 17.6 Å². The molecule has 5 heteroatoms. The number of nitrogens with zero attached hydrogens (tertiary/aromatic N) is 1. The molecule has 0 heterocycles. The highest BCUT2D eigenvalue weighted by atomic mass is 35.5. The molecule has 0 radical (unpaired) electrons. The van der Waals surface area contributed by atoms with Gasteiger partial charge >= 0.3 is 5.97 Å². The number of carbonyl (C=O) groups is 1. The van der Waals surface area contributed by atoms with Crippen LogP contribution >= 0.6 is 11.6 Å². The average molecular weight is 274 g/mol. The number of benzene rings is 1. The molecule has 0 aliphatic carbocycles. The number of rotatable bonds is 6. The lowest BCUT2D eigenvalue weighted by Crippen LogP contribution is -2.31. The van der Waals surface area contributed by atoms with E-state index >= 15 is 0 Å². The number of ether oxygens (including phenoxy) is 1. The summed E-state index contributed by atoms with van der Waals surface area (Å²) in [6.45, 7) is 3.11. The molecule has 0 atom stereocenters. The Morgan fingerprint density at radius 2 is 2.22 bits per heavy atom. The lowest BCUT2D eigenvalue weighted by atomic mass is 10.2. The Kier molecular flexibility index (Phi) is 6.09. The molecule has 0 saturated heterocycles. The first kappa shape index (κ1) is 14.9. The third-order valence-corrected chi connectivity index (χ3v) is 2.92. The van der Waals surface area contributed by atoms with Gasteiger partial charge in [-0.05, 0) is 25.1 Å². The Morgan fingerprint density at radius 3 is 2.78 bits per heavy atom. The van der Waals surface area contributed by atoms with E-state index in [2.05, 4.69) is 4.74 Å². The highest BCUT2D eigenvalue weighted by Crippen LogP contribution is 2.20. The minimum Gasteiger partial charge on any atom is -0.468 e. The Bertz CT molecular complexity index is 392. The molecule has 100 valence electrons. The summed E-state index contributed by atoms with van der Waals surface area (Å²) in [6.07, 6.45) is 0.864. The van der Waals surface area contributed by atoms with Crippen molar-refractivity contribution in [3.05, 3.63) is 34.6 Å². The van der Waals surface area contributed by atoms with E-state index in [1.165, 1.54) is 13.2 Å². The Morgan fingerprint density at radius 1 is 1.50 bits per heavy atom. The zero-order chi connectivity index (χ0) is 13.5. The van der Waals surface area contributed by atoms with E-state index in [0.29, 0.717) is 23.7 Å². The molecule has 0 N–H and O–H groups in total. The minimum atomic E-state index is -0.353. The first-order valence-corrected chi connectivity index (χ1v) is 6.18. The van der Waals surface area contributed by atoms with Crippen LogP contribution in [0, 0.1) is 5.82 Å². The fourth-order valence-electron chi connectivity index (χ4n) is 1.68. The summed E-state index contributed by atoms with van der Waals surface area (Å²) in [5.74, 6) is -0.690. The fraction of sp³-hybridized carbons (Fsp3) is 0.462. The highest BCUT2D eigenvalue weighted by molar-refractivity contribution is 6.31. The minimum absolute atomic E-state index is 0.134. The summed E-state index contributed by atoms with van der Waals surface area (Å²) in [7, 11) is 1.34. The van der Waals surface area contributed by atoms with Gasteiger partial charge in [-0.1, -0.05) is 24.6 Å². The average Bonchev–Trinajstić information content (AvgIpc) is 2.34. The second kappa shape index (κ2) is 7.34. The van der Waals surface area contributed by atoms with Crippen molar-refractivity contribution in [1.29, 1.82) is 0 Å². The second-order valence-electron chi connectivity index (χ2n) is 3.99. The lowest BCUT2D eigenvalue weighted by molar-refractivity contribution is -0.142. The molecule has 0 fully saturated rings. The summed E-state index contributed by atoms with van der Waals surface area (Å²) in [4.78, 5) is 13.1. The quantitative estimate of drug-likeness (QED) is 0.747. The normalized spacial score (nSPS) is 10.7. The Hall–Kier alpha value is -1.13. The molecule has 0 aliphatic rings. The van der Waals surface area contributed by atoms with E-state index in [-0.39, 0.29) is 18.3 Å². The van der Waals surface area contributed by atoms with Crippen LogP contribution in [0.1, 0.15) is 18.9 Å². The predicted octanol–water partition coefficient (Wildman–Crippen LogP) is 2.86. The van der Waals surface area contributed by atoms with E-state index in [1.54, 1.807) is 12.1 Å². The largest absolute Gasteiger partial charge is 0.468 e. The predicted molar refractivity (Wildman–Crippen MR) is 69.0 cm³/mol. The van der Waals surface area contributed by atoms with Gasteiger partial charge in [0, 0.05) is 17.1 Å². The van der Waals surface area contributed by atoms with Crippen LogP contribution in [0.25, 0.3) is 0 Å². The van der Waals surface area contributed by atoms with E-state index in [4.69, 9.17) is 11.6 Å². The molecule has 0 bridgehead atoms. The Labute approximate surface area is 111 Å². The van der Waals surface area contributed by atoms with Crippen molar-refractivity contribution in [3.63, 3.8) is 0 Å². The maximum Gasteiger partial charge on any atom is 0.319 e. The molecule has 1 aromatic carbocycles. The topological polar surface area (TPSA) is 29.5 Å². The number of methoxy groups -OCH3 is 1. The molecule has 0 spiro atoms. The smallest absolute Gasteiger partial charge is 0.319 e. The standard InChI is InChI=1S/C13H17ClFNO2/c1-3-7-16(9-13(17)18-2)8-10-11(14)5-4-6-12(10)15/h4-6H,3,7-9H2,1-2H3. The number of carbonyl (C=O) groups excluding carboxylic acids is 1. The second-order valence-corrected chi connectivity index (χ2v) is 4.39. The van der Waals surface area contributed by atoms with Gasteiger partial charge in [-0.3, -0.25) is 9.69 Å². The number of hydrogen-bond donors (Lipinski definition) is 0. The molecule has 3 nitrogen and oxygen atoms in total. The number of esters is 1. The van der Waals surface area contributed by atoms with Crippen LogP contribution in [-0.4, -0.2) is 31.1 Å². The molecule has 0 saturated carbocycles. The van der Waals surface area contributed by atoms with Crippen molar-refractivity contribution in [2.45, 2.75) is 19.9 Å². The van der Waals surface area contributed by atoms with Crippen molar-refractivity contribution in [2.75, 3.05) is 20.2 Å². The summed E-state index contributed by atoms with van der Waals surface area (Å²) < 4.78 is 18.3. The van der Waals surface area contributed by atoms with E-state index in [9.17, 15) is 9.18 Å². The lowest BCUT2D eigenvalue weighted by Gasteiger charge is -2.21. The monoisotopic (exact) mass is 273 g/mol. The van der Waals surface area contributed by atoms with Gasteiger partial charge < -0.3 is 4.74 Å². The van der Waals surface area contributed by atoms with Crippen LogP contribution in [0.2, 0.25) is 5.02 Å².